The van der Waals surface area contributed by atoms with Gasteiger partial charge in [0.15, 0.2) is 11.5 Å². The summed E-state index contributed by atoms with van der Waals surface area (Å²) in [5.41, 5.74) is 3.97. The number of aromatic nitrogens is 1. The summed E-state index contributed by atoms with van der Waals surface area (Å²) < 4.78 is 18.7. The van der Waals surface area contributed by atoms with E-state index in [1.165, 1.54) is 12.0 Å². The molecule has 33 heavy (non-hydrogen) atoms. The Bertz CT molecular complexity index is 1230. The molecule has 4 rings (SSSR count). The molecular weight excluding hydrogens is 422 g/mol. The third-order valence-corrected chi connectivity index (χ3v) is 5.56. The quantitative estimate of drug-likeness (QED) is 0.640. The first-order valence-electron chi connectivity index (χ1n) is 10.6. The number of carbonyl (C=O) groups excluding carboxylic acids is 2. The van der Waals surface area contributed by atoms with Gasteiger partial charge in [-0.25, -0.2) is 0 Å². The van der Waals surface area contributed by atoms with Crippen molar-refractivity contribution in [1.82, 2.24) is 9.47 Å². The van der Waals surface area contributed by atoms with Gasteiger partial charge in [-0.05, 0) is 50.2 Å². The predicted molar refractivity (Wildman–Crippen MR) is 125 cm³/mol. The number of ether oxygens (including phenoxy) is 3. The van der Waals surface area contributed by atoms with E-state index in [-0.39, 0.29) is 11.8 Å². The van der Waals surface area contributed by atoms with Crippen molar-refractivity contribution in [3.63, 3.8) is 0 Å². The molecule has 0 unspecified atom stereocenters. The van der Waals surface area contributed by atoms with Crippen LogP contribution in [0, 0.1) is 13.8 Å². The van der Waals surface area contributed by atoms with Crippen LogP contribution < -0.4 is 19.5 Å². The summed E-state index contributed by atoms with van der Waals surface area (Å²) >= 11 is 0. The van der Waals surface area contributed by atoms with Crippen LogP contribution in [0.4, 0.5) is 5.69 Å². The van der Waals surface area contributed by atoms with Crippen LogP contribution in [-0.4, -0.2) is 55.7 Å². The van der Waals surface area contributed by atoms with Crippen LogP contribution in [0.2, 0.25) is 0 Å². The van der Waals surface area contributed by atoms with Crippen LogP contribution in [0.1, 0.15) is 32.1 Å². The maximum Gasteiger partial charge on any atom is 0.257 e. The lowest BCUT2D eigenvalue weighted by molar-refractivity contribution is 0.0827. The molecule has 2 amide bonds. The van der Waals surface area contributed by atoms with E-state index in [0.29, 0.717) is 47.3 Å². The number of hydrogen-bond donors (Lipinski definition) is 1. The van der Waals surface area contributed by atoms with E-state index in [2.05, 4.69) is 5.32 Å². The van der Waals surface area contributed by atoms with Gasteiger partial charge >= 0.3 is 0 Å². The highest BCUT2D eigenvalue weighted by atomic mass is 16.6. The average molecular weight is 450 g/mol. The summed E-state index contributed by atoms with van der Waals surface area (Å²) in [5, 5.41) is 2.90. The number of amides is 2. The first-order chi connectivity index (χ1) is 15.8. The van der Waals surface area contributed by atoms with Crippen LogP contribution >= 0.6 is 0 Å². The fourth-order valence-electron chi connectivity index (χ4n) is 3.95. The Morgan fingerprint density at radius 2 is 1.73 bits per heavy atom. The Labute approximate surface area is 192 Å². The maximum atomic E-state index is 13.2. The molecule has 3 aromatic rings. The normalized spacial score (nSPS) is 12.3. The van der Waals surface area contributed by atoms with Crippen LogP contribution in [0.15, 0.2) is 42.5 Å². The molecular formula is C25H27N3O5. The van der Waals surface area contributed by atoms with Crippen molar-refractivity contribution in [2.45, 2.75) is 13.8 Å². The molecule has 0 bridgehead atoms. The molecule has 2 heterocycles. The highest BCUT2D eigenvalue weighted by molar-refractivity contribution is 6.07. The molecule has 2 aromatic carbocycles. The molecule has 172 valence electrons. The summed E-state index contributed by atoms with van der Waals surface area (Å²) in [7, 11) is 4.88. The Balaban J connectivity index is 1.66. The lowest BCUT2D eigenvalue weighted by atomic mass is 10.1. The second-order valence-electron chi connectivity index (χ2n) is 8.02. The zero-order valence-corrected chi connectivity index (χ0v) is 19.4. The molecule has 1 N–H and O–H groups in total. The Morgan fingerprint density at radius 3 is 2.42 bits per heavy atom. The Kier molecular flexibility index (Phi) is 6.00. The fraction of sp³-hybridized carbons (Fsp3) is 0.280. The molecule has 8 nitrogen and oxygen atoms in total. The number of nitrogens with zero attached hydrogens (tertiary/aromatic N) is 2. The summed E-state index contributed by atoms with van der Waals surface area (Å²) in [4.78, 5) is 27.1. The fourth-order valence-corrected chi connectivity index (χ4v) is 3.95. The first-order valence-corrected chi connectivity index (χ1v) is 10.6. The number of nitrogens with one attached hydrogen (secondary N) is 1. The van der Waals surface area contributed by atoms with Gasteiger partial charge in [0.1, 0.15) is 19.0 Å². The summed E-state index contributed by atoms with van der Waals surface area (Å²) in [6.45, 7) is 4.87. The van der Waals surface area contributed by atoms with Gasteiger partial charge in [-0.1, -0.05) is 0 Å². The minimum Gasteiger partial charge on any atom is -0.495 e. The largest absolute Gasteiger partial charge is 0.495 e. The minimum atomic E-state index is -0.292. The standard InChI is InChI=1S/C25H27N3O5/c1-15-12-19(16(2)28(15)18-7-9-22-23(14-18)33-11-10-32-22)24(29)26-20-13-17(25(30)27(3)4)6-8-21(20)31-5/h6-9,12-14H,10-11H2,1-5H3,(H,26,29). The van der Waals surface area contributed by atoms with E-state index in [1.807, 2.05) is 42.7 Å². The summed E-state index contributed by atoms with van der Waals surface area (Å²) in [6, 6.07) is 12.5. The lowest BCUT2D eigenvalue weighted by Gasteiger charge is -2.20. The molecule has 0 spiro atoms. The number of anilines is 1. The van der Waals surface area contributed by atoms with E-state index in [4.69, 9.17) is 14.2 Å². The van der Waals surface area contributed by atoms with Gasteiger partial charge in [-0.3, -0.25) is 9.59 Å². The maximum absolute atomic E-state index is 13.2. The number of aryl methyl sites for hydroxylation is 1. The highest BCUT2D eigenvalue weighted by Crippen LogP contribution is 2.34. The molecule has 1 aliphatic rings. The zero-order chi connectivity index (χ0) is 23.7. The van der Waals surface area contributed by atoms with Gasteiger partial charge in [-0.15, -0.1) is 0 Å². The number of hydrogen-bond acceptors (Lipinski definition) is 5. The van der Waals surface area contributed by atoms with Crippen LogP contribution in [0.5, 0.6) is 17.2 Å². The van der Waals surface area contributed by atoms with Crippen molar-refractivity contribution in [2.75, 3.05) is 39.7 Å². The SMILES string of the molecule is COc1ccc(C(=O)N(C)C)cc1NC(=O)c1cc(C)n(-c2ccc3c(c2)OCCO3)c1C. The number of benzene rings is 2. The van der Waals surface area contributed by atoms with Crippen molar-refractivity contribution < 1.29 is 23.8 Å². The Morgan fingerprint density at radius 1 is 1.00 bits per heavy atom. The van der Waals surface area contributed by atoms with Gasteiger partial charge in [0, 0.05) is 42.8 Å². The van der Waals surface area contributed by atoms with Crippen LogP contribution in [0.3, 0.4) is 0 Å². The van der Waals surface area contributed by atoms with Gasteiger partial charge < -0.3 is 29.0 Å². The second-order valence-corrected chi connectivity index (χ2v) is 8.02. The number of carbonyl (C=O) groups is 2. The van der Waals surface area contributed by atoms with Crippen molar-refractivity contribution in [3.05, 3.63) is 65.0 Å². The third-order valence-electron chi connectivity index (χ3n) is 5.56. The molecule has 1 aromatic heterocycles. The van der Waals surface area contributed by atoms with Gasteiger partial charge in [-0.2, -0.15) is 0 Å². The third kappa shape index (κ3) is 4.24. The monoisotopic (exact) mass is 449 g/mol. The molecule has 0 atom stereocenters. The second kappa shape index (κ2) is 8.90. The molecule has 0 aliphatic carbocycles. The number of methoxy groups -OCH3 is 1. The van der Waals surface area contributed by atoms with Gasteiger partial charge in [0.2, 0.25) is 0 Å². The Hall–Kier alpha value is -3.94. The van der Waals surface area contributed by atoms with E-state index >= 15 is 0 Å². The molecule has 0 saturated heterocycles. The van der Waals surface area contributed by atoms with E-state index in [9.17, 15) is 9.59 Å². The molecule has 8 heteroatoms. The van der Waals surface area contributed by atoms with Gasteiger partial charge in [0.25, 0.3) is 11.8 Å². The molecule has 0 fully saturated rings. The predicted octanol–water partition coefficient (Wildman–Crippen LogP) is 3.83. The van der Waals surface area contributed by atoms with E-state index in [1.54, 1.807) is 32.3 Å². The van der Waals surface area contributed by atoms with Crippen molar-refractivity contribution in [3.8, 4) is 22.9 Å². The molecule has 1 aliphatic heterocycles. The minimum absolute atomic E-state index is 0.162. The lowest BCUT2D eigenvalue weighted by Crippen LogP contribution is -2.22. The topological polar surface area (TPSA) is 82.0 Å². The number of fused-ring (bicyclic) bond motifs is 1. The zero-order valence-electron chi connectivity index (χ0n) is 19.4. The van der Waals surface area contributed by atoms with Crippen molar-refractivity contribution >= 4 is 17.5 Å². The summed E-state index contributed by atoms with van der Waals surface area (Å²) in [6.07, 6.45) is 0. The van der Waals surface area contributed by atoms with Crippen LogP contribution in [0.25, 0.3) is 5.69 Å². The molecule has 0 radical (unpaired) electrons. The summed E-state index contributed by atoms with van der Waals surface area (Å²) in [5.74, 6) is 1.41. The first kappa shape index (κ1) is 22.3. The van der Waals surface area contributed by atoms with E-state index < -0.39 is 0 Å². The van der Waals surface area contributed by atoms with Crippen LogP contribution in [-0.2, 0) is 0 Å². The van der Waals surface area contributed by atoms with Crippen molar-refractivity contribution in [2.24, 2.45) is 0 Å². The molecule has 0 saturated carbocycles. The number of rotatable bonds is 5. The highest BCUT2D eigenvalue weighted by Gasteiger charge is 2.21. The smallest absolute Gasteiger partial charge is 0.257 e. The van der Waals surface area contributed by atoms with Crippen molar-refractivity contribution in [1.29, 1.82) is 0 Å². The van der Waals surface area contributed by atoms with Gasteiger partial charge in [0.05, 0.1) is 18.4 Å². The van der Waals surface area contributed by atoms with E-state index in [0.717, 1.165) is 17.1 Å². The average Bonchev–Trinajstić information content (AvgIpc) is 3.11.